The smallest absolute Gasteiger partial charge is 0.144 e. The monoisotopic (exact) mass is 236 g/mol. The fourth-order valence-electron chi connectivity index (χ4n) is 1.03. The fourth-order valence-corrected chi connectivity index (χ4v) is 2.01. The number of hydrogen-bond donors (Lipinski definition) is 0. The van der Waals surface area contributed by atoms with Crippen molar-refractivity contribution in [2.75, 3.05) is 6.61 Å². The molecule has 82 valence electrons. The highest BCUT2D eigenvalue weighted by molar-refractivity contribution is 7.29. The molecule has 0 bridgehead atoms. The van der Waals surface area contributed by atoms with Crippen LogP contribution in [0.5, 0.6) is 0 Å². The van der Waals surface area contributed by atoms with E-state index in [1.807, 2.05) is 6.07 Å². The molecule has 0 spiro atoms. The molecule has 0 aliphatic carbocycles. The van der Waals surface area contributed by atoms with Gasteiger partial charge in [0.1, 0.15) is 5.38 Å². The van der Waals surface area contributed by atoms with Crippen LogP contribution in [0.4, 0.5) is 0 Å². The highest BCUT2D eigenvalue weighted by atomic mass is 35.5. The van der Waals surface area contributed by atoms with Gasteiger partial charge < -0.3 is 4.52 Å². The standard InChI is InChI=1S/C9H18ClN2OP/c1-7(2)12(8(3)4)14-13-6-9(10)5-11/h7-9,14H,6H2,1-4H3. The molecule has 0 N–H and O–H groups in total. The molecular formula is C9H18ClN2OP. The van der Waals surface area contributed by atoms with Gasteiger partial charge in [0.15, 0.2) is 0 Å². The van der Waals surface area contributed by atoms with Crippen molar-refractivity contribution in [3.05, 3.63) is 0 Å². The second-order valence-electron chi connectivity index (χ2n) is 3.59. The van der Waals surface area contributed by atoms with Crippen LogP contribution in [0.2, 0.25) is 0 Å². The number of hydrogen-bond acceptors (Lipinski definition) is 3. The summed E-state index contributed by atoms with van der Waals surface area (Å²) in [6.45, 7) is 8.79. The number of nitriles is 1. The average Bonchev–Trinajstić information content (AvgIpc) is 2.10. The van der Waals surface area contributed by atoms with Crippen molar-refractivity contribution < 1.29 is 4.52 Å². The maximum absolute atomic E-state index is 8.45. The summed E-state index contributed by atoms with van der Waals surface area (Å²) in [6, 6.07) is 2.82. The van der Waals surface area contributed by atoms with Crippen LogP contribution in [0.15, 0.2) is 0 Å². The molecule has 0 aromatic rings. The summed E-state index contributed by atoms with van der Waals surface area (Å²) in [4.78, 5) is 0. The maximum atomic E-state index is 8.45. The Labute approximate surface area is 93.3 Å². The summed E-state index contributed by atoms with van der Waals surface area (Å²) in [5.41, 5.74) is 0. The van der Waals surface area contributed by atoms with E-state index in [1.54, 1.807) is 0 Å². The SMILES string of the molecule is CC(C)N(POCC(Cl)C#N)C(C)C. The molecule has 0 heterocycles. The topological polar surface area (TPSA) is 36.3 Å². The number of nitrogens with zero attached hydrogens (tertiary/aromatic N) is 2. The normalized spacial score (nSPS) is 14.5. The van der Waals surface area contributed by atoms with E-state index in [0.29, 0.717) is 18.7 Å². The average molecular weight is 237 g/mol. The summed E-state index contributed by atoms with van der Waals surface area (Å²) in [5, 5.41) is 7.91. The number of alkyl halides is 1. The Morgan fingerprint density at radius 2 is 1.86 bits per heavy atom. The summed E-state index contributed by atoms with van der Waals surface area (Å²) < 4.78 is 7.59. The first-order chi connectivity index (χ1) is 6.49. The van der Waals surface area contributed by atoms with Gasteiger partial charge in [0.05, 0.1) is 21.6 Å². The molecule has 0 aliphatic heterocycles. The van der Waals surface area contributed by atoms with Gasteiger partial charge in [0, 0.05) is 12.1 Å². The molecule has 2 unspecified atom stereocenters. The van der Waals surface area contributed by atoms with Crippen molar-refractivity contribution in [1.29, 1.82) is 5.26 Å². The Kier molecular flexibility index (Phi) is 7.49. The van der Waals surface area contributed by atoms with E-state index in [-0.39, 0.29) is 8.96 Å². The molecule has 0 radical (unpaired) electrons. The second-order valence-corrected chi connectivity index (χ2v) is 5.11. The third-order valence-corrected chi connectivity index (χ3v) is 3.42. The third-order valence-electron chi connectivity index (χ3n) is 1.65. The maximum Gasteiger partial charge on any atom is 0.144 e. The third kappa shape index (κ3) is 5.78. The van der Waals surface area contributed by atoms with Crippen LogP contribution in [0.25, 0.3) is 0 Å². The van der Waals surface area contributed by atoms with E-state index in [4.69, 9.17) is 21.4 Å². The summed E-state index contributed by atoms with van der Waals surface area (Å²) >= 11 is 5.61. The Morgan fingerprint density at radius 1 is 1.36 bits per heavy atom. The minimum absolute atomic E-state index is 0.278. The molecule has 14 heavy (non-hydrogen) atoms. The first-order valence-corrected chi connectivity index (χ1v) is 5.97. The van der Waals surface area contributed by atoms with Gasteiger partial charge in [-0.1, -0.05) is 0 Å². The largest absolute Gasteiger partial charge is 0.344 e. The van der Waals surface area contributed by atoms with Crippen LogP contribution >= 0.6 is 20.6 Å². The minimum atomic E-state index is -0.538. The quantitative estimate of drug-likeness (QED) is 0.526. The molecule has 2 atom stereocenters. The van der Waals surface area contributed by atoms with Gasteiger partial charge in [0.2, 0.25) is 0 Å². The van der Waals surface area contributed by atoms with Crippen molar-refractivity contribution in [2.24, 2.45) is 0 Å². The lowest BCUT2D eigenvalue weighted by Crippen LogP contribution is -2.29. The van der Waals surface area contributed by atoms with Crippen molar-refractivity contribution in [1.82, 2.24) is 4.67 Å². The van der Waals surface area contributed by atoms with Gasteiger partial charge >= 0.3 is 0 Å². The molecule has 5 heteroatoms. The lowest BCUT2D eigenvalue weighted by Gasteiger charge is -2.29. The molecule has 0 rings (SSSR count). The van der Waals surface area contributed by atoms with Gasteiger partial charge in [-0.15, -0.1) is 11.6 Å². The van der Waals surface area contributed by atoms with Crippen LogP contribution in [0.1, 0.15) is 27.7 Å². The van der Waals surface area contributed by atoms with E-state index < -0.39 is 5.38 Å². The van der Waals surface area contributed by atoms with Crippen LogP contribution in [-0.2, 0) is 4.52 Å². The summed E-state index contributed by atoms with van der Waals surface area (Å²) in [5.74, 6) is 0. The number of halogens is 1. The molecule has 0 saturated carbocycles. The van der Waals surface area contributed by atoms with Crippen LogP contribution < -0.4 is 0 Å². The first kappa shape index (κ1) is 14.1. The van der Waals surface area contributed by atoms with Crippen LogP contribution in [-0.4, -0.2) is 28.7 Å². The number of rotatable bonds is 6. The lowest BCUT2D eigenvalue weighted by molar-refractivity contribution is 0.271. The Bertz CT molecular complexity index is 186. The van der Waals surface area contributed by atoms with Crippen molar-refractivity contribution >= 4 is 20.6 Å². The molecule has 0 aliphatic rings. The van der Waals surface area contributed by atoms with Crippen LogP contribution in [0, 0.1) is 11.3 Å². The van der Waals surface area contributed by atoms with Crippen LogP contribution in [0.3, 0.4) is 0 Å². The highest BCUT2D eigenvalue weighted by Gasteiger charge is 2.14. The van der Waals surface area contributed by atoms with Gasteiger partial charge in [-0.25, -0.2) is 0 Å². The molecule has 0 aromatic carbocycles. The zero-order valence-electron chi connectivity index (χ0n) is 9.12. The fraction of sp³-hybridized carbons (Fsp3) is 0.889. The highest BCUT2D eigenvalue weighted by Crippen LogP contribution is 2.25. The molecule has 0 saturated heterocycles. The predicted molar refractivity (Wildman–Crippen MR) is 61.6 cm³/mol. The second kappa shape index (κ2) is 7.43. The molecule has 0 aromatic heterocycles. The van der Waals surface area contributed by atoms with E-state index in [1.165, 1.54) is 0 Å². The van der Waals surface area contributed by atoms with Gasteiger partial charge in [-0.2, -0.15) is 5.26 Å². The summed E-state index contributed by atoms with van der Waals surface area (Å²) in [6.07, 6.45) is 0. The predicted octanol–water partition coefficient (Wildman–Crippen LogP) is 2.76. The zero-order valence-corrected chi connectivity index (χ0v) is 10.9. The first-order valence-electron chi connectivity index (χ1n) is 4.68. The van der Waals surface area contributed by atoms with Crippen molar-refractivity contribution in [2.45, 2.75) is 45.2 Å². The van der Waals surface area contributed by atoms with Crippen molar-refractivity contribution in [3.63, 3.8) is 0 Å². The van der Waals surface area contributed by atoms with Crippen molar-refractivity contribution in [3.8, 4) is 6.07 Å². The Balaban J connectivity index is 3.79. The molecular weight excluding hydrogens is 219 g/mol. The van der Waals surface area contributed by atoms with Gasteiger partial charge in [0.25, 0.3) is 0 Å². The van der Waals surface area contributed by atoms with E-state index in [2.05, 4.69) is 32.4 Å². The molecule has 0 fully saturated rings. The summed E-state index contributed by atoms with van der Waals surface area (Å²) in [7, 11) is 0.278. The van der Waals surface area contributed by atoms with E-state index in [0.717, 1.165) is 0 Å². The molecule has 0 amide bonds. The lowest BCUT2D eigenvalue weighted by atomic mass is 10.3. The van der Waals surface area contributed by atoms with Gasteiger partial charge in [-0.3, -0.25) is 4.67 Å². The van der Waals surface area contributed by atoms with E-state index >= 15 is 0 Å². The van der Waals surface area contributed by atoms with Gasteiger partial charge in [-0.05, 0) is 27.7 Å². The van der Waals surface area contributed by atoms with E-state index in [9.17, 15) is 0 Å². The Hall–Kier alpha value is 0.130. The zero-order chi connectivity index (χ0) is 11.1. The minimum Gasteiger partial charge on any atom is -0.344 e. The Morgan fingerprint density at radius 3 is 2.21 bits per heavy atom. The molecule has 3 nitrogen and oxygen atoms in total.